The molecule has 0 radical (unpaired) electrons. The minimum atomic E-state index is -0.189. The number of thiazole rings is 1. The Morgan fingerprint density at radius 2 is 2.17 bits per heavy atom. The maximum atomic E-state index is 11.9. The third-order valence-corrected chi connectivity index (χ3v) is 6.71. The molecule has 2 aromatic heterocycles. The predicted molar refractivity (Wildman–Crippen MR) is 112 cm³/mol. The number of aryl methyl sites for hydroxylation is 1. The van der Waals surface area contributed by atoms with Crippen LogP contribution in [0.25, 0.3) is 4.96 Å². The van der Waals surface area contributed by atoms with Crippen LogP contribution >= 0.6 is 22.9 Å². The highest BCUT2D eigenvalue weighted by Gasteiger charge is 2.34. The molecule has 154 valence electrons. The van der Waals surface area contributed by atoms with Gasteiger partial charge in [-0.05, 0) is 43.6 Å². The van der Waals surface area contributed by atoms with Crippen molar-refractivity contribution in [2.75, 3.05) is 20.2 Å². The van der Waals surface area contributed by atoms with Crippen molar-refractivity contribution in [1.82, 2.24) is 19.5 Å². The number of benzene rings is 1. The summed E-state index contributed by atoms with van der Waals surface area (Å²) in [6.07, 6.45) is 2.14. The van der Waals surface area contributed by atoms with Gasteiger partial charge in [-0.1, -0.05) is 42.0 Å². The Morgan fingerprint density at radius 3 is 2.79 bits per heavy atom. The van der Waals surface area contributed by atoms with E-state index >= 15 is 0 Å². The Bertz CT molecular complexity index is 1030. The van der Waals surface area contributed by atoms with E-state index in [9.17, 15) is 9.90 Å². The van der Waals surface area contributed by atoms with E-state index in [-0.39, 0.29) is 23.8 Å². The Morgan fingerprint density at radius 1 is 1.41 bits per heavy atom. The number of ether oxygens (including phenoxy) is 1. The number of carbonyl (C=O) groups excluding carboxylic acids is 1. The molecule has 0 aliphatic carbocycles. The maximum Gasteiger partial charge on any atom is 0.308 e. The lowest BCUT2D eigenvalue weighted by Gasteiger charge is -2.36. The van der Waals surface area contributed by atoms with Gasteiger partial charge in [-0.2, -0.15) is 4.52 Å². The Hall–Kier alpha value is -2.16. The van der Waals surface area contributed by atoms with Crippen molar-refractivity contribution in [3.05, 3.63) is 45.6 Å². The van der Waals surface area contributed by atoms with Crippen molar-refractivity contribution in [2.45, 2.75) is 32.2 Å². The van der Waals surface area contributed by atoms with E-state index < -0.39 is 0 Å². The third kappa shape index (κ3) is 3.84. The van der Waals surface area contributed by atoms with Crippen LogP contribution in [0.1, 0.15) is 42.1 Å². The lowest BCUT2D eigenvalue weighted by molar-refractivity contribution is -0.147. The van der Waals surface area contributed by atoms with E-state index in [1.807, 2.05) is 31.2 Å². The van der Waals surface area contributed by atoms with Crippen LogP contribution in [0, 0.1) is 5.92 Å². The predicted octanol–water partition coefficient (Wildman–Crippen LogP) is 3.69. The number of aromatic hydroxyl groups is 1. The van der Waals surface area contributed by atoms with E-state index in [1.54, 1.807) is 0 Å². The van der Waals surface area contributed by atoms with Gasteiger partial charge in [-0.3, -0.25) is 9.69 Å². The van der Waals surface area contributed by atoms with E-state index in [0.29, 0.717) is 48.2 Å². The molecule has 0 amide bonds. The van der Waals surface area contributed by atoms with Crippen molar-refractivity contribution in [2.24, 2.45) is 5.92 Å². The fourth-order valence-corrected chi connectivity index (χ4v) is 5.22. The van der Waals surface area contributed by atoms with Crippen LogP contribution in [0.15, 0.2) is 24.3 Å². The SMILES string of the molecule is CCc1nc2sc([C@@H](c3cccc(Cl)c3)N3CCC(C(=O)OC)CC3)c(O)n2n1. The molecule has 1 saturated heterocycles. The number of rotatable bonds is 5. The fourth-order valence-electron chi connectivity index (χ4n) is 3.88. The first-order chi connectivity index (χ1) is 14.0. The first kappa shape index (κ1) is 20.1. The number of esters is 1. The lowest BCUT2D eigenvalue weighted by atomic mass is 9.94. The van der Waals surface area contributed by atoms with Gasteiger partial charge in [0.25, 0.3) is 0 Å². The molecule has 1 aliphatic heterocycles. The van der Waals surface area contributed by atoms with Crippen molar-refractivity contribution >= 4 is 33.9 Å². The topological polar surface area (TPSA) is 80.0 Å². The van der Waals surface area contributed by atoms with Crippen molar-refractivity contribution in [3.8, 4) is 5.88 Å². The minimum Gasteiger partial charge on any atom is -0.492 e. The minimum absolute atomic E-state index is 0.0840. The molecule has 1 aromatic carbocycles. The van der Waals surface area contributed by atoms with Gasteiger partial charge in [0.05, 0.1) is 23.9 Å². The summed E-state index contributed by atoms with van der Waals surface area (Å²) in [4.78, 5) is 20.1. The molecule has 29 heavy (non-hydrogen) atoms. The van der Waals surface area contributed by atoms with Gasteiger partial charge < -0.3 is 9.84 Å². The number of nitrogens with zero attached hydrogens (tertiary/aromatic N) is 4. The first-order valence-corrected chi connectivity index (χ1v) is 10.9. The average Bonchev–Trinajstić information content (AvgIpc) is 3.27. The molecular weight excluding hydrogens is 412 g/mol. The first-order valence-electron chi connectivity index (χ1n) is 9.66. The third-order valence-electron chi connectivity index (χ3n) is 5.40. The Kier molecular flexibility index (Phi) is 5.76. The average molecular weight is 435 g/mol. The van der Waals surface area contributed by atoms with Crippen LogP contribution in [0.5, 0.6) is 5.88 Å². The quantitative estimate of drug-likeness (QED) is 0.617. The highest BCUT2D eigenvalue weighted by Crippen LogP contribution is 2.41. The number of halogens is 1. The van der Waals surface area contributed by atoms with Crippen LogP contribution in [0.2, 0.25) is 5.02 Å². The van der Waals surface area contributed by atoms with Crippen LogP contribution in [-0.2, 0) is 16.0 Å². The highest BCUT2D eigenvalue weighted by atomic mass is 35.5. The number of likely N-dealkylation sites (tertiary alicyclic amines) is 1. The monoisotopic (exact) mass is 434 g/mol. The summed E-state index contributed by atoms with van der Waals surface area (Å²) in [5.74, 6) is 0.575. The second-order valence-corrected chi connectivity index (χ2v) is 8.60. The number of hydrogen-bond acceptors (Lipinski definition) is 7. The normalized spacial score (nSPS) is 16.9. The van der Waals surface area contributed by atoms with Crippen molar-refractivity contribution < 1.29 is 14.6 Å². The second-order valence-electron chi connectivity index (χ2n) is 7.16. The smallest absolute Gasteiger partial charge is 0.308 e. The molecule has 1 atom stereocenters. The molecule has 9 heteroatoms. The fraction of sp³-hybridized carbons (Fsp3) is 0.450. The largest absolute Gasteiger partial charge is 0.492 e. The van der Waals surface area contributed by atoms with E-state index in [0.717, 1.165) is 10.4 Å². The van der Waals surface area contributed by atoms with Gasteiger partial charge in [0, 0.05) is 11.4 Å². The molecule has 1 N–H and O–H groups in total. The zero-order valence-corrected chi connectivity index (χ0v) is 17.9. The van der Waals surface area contributed by atoms with Gasteiger partial charge in [0.2, 0.25) is 10.8 Å². The van der Waals surface area contributed by atoms with Crippen LogP contribution < -0.4 is 0 Å². The van der Waals surface area contributed by atoms with Gasteiger partial charge in [-0.15, -0.1) is 5.10 Å². The zero-order chi connectivity index (χ0) is 20.5. The molecule has 0 unspecified atom stereocenters. The summed E-state index contributed by atoms with van der Waals surface area (Å²) in [6, 6.07) is 7.49. The number of methoxy groups -OCH3 is 1. The second kappa shape index (κ2) is 8.30. The number of aromatic nitrogens is 3. The highest BCUT2D eigenvalue weighted by molar-refractivity contribution is 7.17. The molecule has 7 nitrogen and oxygen atoms in total. The molecule has 4 rings (SSSR count). The van der Waals surface area contributed by atoms with Crippen molar-refractivity contribution in [3.63, 3.8) is 0 Å². The summed E-state index contributed by atoms with van der Waals surface area (Å²) in [7, 11) is 1.43. The van der Waals surface area contributed by atoms with E-state index in [2.05, 4.69) is 15.0 Å². The van der Waals surface area contributed by atoms with E-state index in [1.165, 1.54) is 23.0 Å². The summed E-state index contributed by atoms with van der Waals surface area (Å²) in [5, 5.41) is 16.0. The summed E-state index contributed by atoms with van der Waals surface area (Å²) in [5.41, 5.74) is 0.990. The Balaban J connectivity index is 1.71. The Labute approximate surface area is 177 Å². The van der Waals surface area contributed by atoms with Crippen molar-refractivity contribution in [1.29, 1.82) is 0 Å². The lowest BCUT2D eigenvalue weighted by Crippen LogP contribution is -2.39. The summed E-state index contributed by atoms with van der Waals surface area (Å²) >= 11 is 7.70. The maximum absolute atomic E-state index is 11.9. The summed E-state index contributed by atoms with van der Waals surface area (Å²) in [6.45, 7) is 3.41. The standard InChI is InChI=1S/C20H23ClN4O3S/c1-3-15-22-20-25(23-15)18(26)17(29-20)16(13-5-4-6-14(21)11-13)24-9-7-12(8-10-24)19(27)28-2/h4-6,11-12,16,26H,3,7-10H2,1-2H3/t16-/m1/s1. The number of carbonyl (C=O) groups is 1. The van der Waals surface area contributed by atoms with Crippen LogP contribution in [-0.4, -0.2) is 50.8 Å². The van der Waals surface area contributed by atoms with Gasteiger partial charge in [-0.25, -0.2) is 4.98 Å². The number of piperidine rings is 1. The van der Waals surface area contributed by atoms with Crippen LogP contribution in [0.4, 0.5) is 0 Å². The van der Waals surface area contributed by atoms with Gasteiger partial charge >= 0.3 is 5.97 Å². The molecular formula is C20H23ClN4O3S. The molecule has 0 saturated carbocycles. The summed E-state index contributed by atoms with van der Waals surface area (Å²) < 4.78 is 6.42. The molecule has 0 bridgehead atoms. The van der Waals surface area contributed by atoms with E-state index in [4.69, 9.17) is 16.3 Å². The number of hydrogen-bond donors (Lipinski definition) is 1. The molecule has 1 aliphatic rings. The number of fused-ring (bicyclic) bond motifs is 1. The molecule has 0 spiro atoms. The molecule has 1 fully saturated rings. The van der Waals surface area contributed by atoms with Crippen LogP contribution in [0.3, 0.4) is 0 Å². The zero-order valence-electron chi connectivity index (χ0n) is 16.3. The van der Waals surface area contributed by atoms with Gasteiger partial charge in [0.1, 0.15) is 0 Å². The molecule has 3 aromatic rings. The van der Waals surface area contributed by atoms with Gasteiger partial charge in [0.15, 0.2) is 5.82 Å². The molecule has 3 heterocycles.